The van der Waals surface area contributed by atoms with Crippen molar-refractivity contribution in [1.29, 1.82) is 0 Å². The number of hydrogen-bond acceptors (Lipinski definition) is 5. The van der Waals surface area contributed by atoms with Gasteiger partial charge < -0.3 is 5.11 Å². The predicted molar refractivity (Wildman–Crippen MR) is 89.7 cm³/mol. The highest BCUT2D eigenvalue weighted by molar-refractivity contribution is 5.39. The highest BCUT2D eigenvalue weighted by atomic mass is 16.6. The lowest BCUT2D eigenvalue weighted by Crippen LogP contribution is -2.33. The van der Waals surface area contributed by atoms with Crippen LogP contribution in [-0.4, -0.2) is 44.4 Å². The highest BCUT2D eigenvalue weighted by Gasteiger charge is 2.24. The zero-order chi connectivity index (χ0) is 16.9. The van der Waals surface area contributed by atoms with E-state index in [0.717, 1.165) is 31.5 Å². The number of rotatable bonds is 6. The van der Waals surface area contributed by atoms with E-state index in [0.29, 0.717) is 19.0 Å². The number of nitro groups is 1. The van der Waals surface area contributed by atoms with Crippen molar-refractivity contribution < 1.29 is 10.0 Å². The molecule has 0 spiro atoms. The van der Waals surface area contributed by atoms with Crippen molar-refractivity contribution in [3.05, 3.63) is 57.9 Å². The summed E-state index contributed by atoms with van der Waals surface area (Å²) < 4.78 is 1.88. The van der Waals surface area contributed by atoms with Crippen LogP contribution in [0, 0.1) is 10.1 Å². The lowest BCUT2D eigenvalue weighted by Gasteiger charge is -2.32. The van der Waals surface area contributed by atoms with Crippen molar-refractivity contribution in [3.63, 3.8) is 0 Å². The minimum atomic E-state index is -0.310. The van der Waals surface area contributed by atoms with Gasteiger partial charge in [0.2, 0.25) is 0 Å². The molecule has 2 aromatic rings. The van der Waals surface area contributed by atoms with E-state index in [1.165, 1.54) is 5.69 Å². The van der Waals surface area contributed by atoms with Gasteiger partial charge in [0.1, 0.15) is 0 Å². The van der Waals surface area contributed by atoms with E-state index in [-0.39, 0.29) is 17.2 Å². The van der Waals surface area contributed by atoms with E-state index >= 15 is 0 Å². The van der Waals surface area contributed by atoms with E-state index in [1.54, 1.807) is 18.3 Å². The van der Waals surface area contributed by atoms with E-state index < -0.39 is 0 Å². The van der Waals surface area contributed by atoms with E-state index in [9.17, 15) is 10.1 Å². The molecule has 0 saturated carbocycles. The Labute approximate surface area is 140 Å². The van der Waals surface area contributed by atoms with Crippen molar-refractivity contribution in [2.75, 3.05) is 19.7 Å². The first kappa shape index (κ1) is 16.6. The van der Waals surface area contributed by atoms with E-state index in [4.69, 9.17) is 5.11 Å². The van der Waals surface area contributed by atoms with E-state index in [1.807, 2.05) is 22.9 Å². The third-order valence-electron chi connectivity index (χ3n) is 4.65. The molecule has 1 fully saturated rings. The second-order valence-corrected chi connectivity index (χ2v) is 6.14. The average Bonchev–Trinajstić information content (AvgIpc) is 3.04. The molecular formula is C17H22N4O3. The Balaban J connectivity index is 1.61. The second-order valence-electron chi connectivity index (χ2n) is 6.14. The Morgan fingerprint density at radius 3 is 2.71 bits per heavy atom. The van der Waals surface area contributed by atoms with Gasteiger partial charge in [-0.15, -0.1) is 0 Å². The smallest absolute Gasteiger partial charge is 0.273 e. The first-order valence-corrected chi connectivity index (χ1v) is 8.26. The fourth-order valence-electron chi connectivity index (χ4n) is 3.42. The van der Waals surface area contributed by atoms with Crippen LogP contribution in [0.25, 0.3) is 0 Å². The number of nitrogens with zero attached hydrogens (tertiary/aromatic N) is 4. The Bertz CT molecular complexity index is 693. The number of likely N-dealkylation sites (tertiary alicyclic amines) is 1. The summed E-state index contributed by atoms with van der Waals surface area (Å²) in [7, 11) is 0. The molecule has 0 amide bonds. The maximum Gasteiger partial charge on any atom is 0.273 e. The van der Waals surface area contributed by atoms with Crippen molar-refractivity contribution in [1.82, 2.24) is 14.7 Å². The predicted octanol–water partition coefficient (Wildman–Crippen LogP) is 2.16. The number of para-hydroxylation sites is 1. The van der Waals surface area contributed by atoms with E-state index in [2.05, 4.69) is 10.00 Å². The minimum Gasteiger partial charge on any atom is -0.394 e. The van der Waals surface area contributed by atoms with Gasteiger partial charge in [-0.3, -0.25) is 19.7 Å². The SMILES string of the molecule is O=[N+]([O-])c1ccccc1CN1CCC(c2ccnn2CCO)CC1. The van der Waals surface area contributed by atoms with Crippen LogP contribution < -0.4 is 0 Å². The maximum absolute atomic E-state index is 11.1. The maximum atomic E-state index is 11.1. The fraction of sp³-hybridized carbons (Fsp3) is 0.471. The molecule has 24 heavy (non-hydrogen) atoms. The third kappa shape index (κ3) is 3.63. The molecule has 1 N–H and O–H groups in total. The minimum absolute atomic E-state index is 0.0885. The van der Waals surface area contributed by atoms with Crippen LogP contribution in [0.5, 0.6) is 0 Å². The summed E-state index contributed by atoms with van der Waals surface area (Å²) in [5.74, 6) is 0.432. The summed E-state index contributed by atoms with van der Waals surface area (Å²) in [6.45, 7) is 3.03. The summed E-state index contributed by atoms with van der Waals surface area (Å²) in [5, 5.41) is 24.5. The van der Waals surface area contributed by atoms with Crippen LogP contribution in [0.3, 0.4) is 0 Å². The van der Waals surface area contributed by atoms with Gasteiger partial charge in [-0.1, -0.05) is 18.2 Å². The normalized spacial score (nSPS) is 16.4. The van der Waals surface area contributed by atoms with Gasteiger partial charge in [-0.2, -0.15) is 5.10 Å². The molecule has 2 heterocycles. The van der Waals surface area contributed by atoms with Crippen molar-refractivity contribution in [2.45, 2.75) is 31.8 Å². The molecule has 0 bridgehead atoms. The molecular weight excluding hydrogens is 308 g/mol. The summed E-state index contributed by atoms with van der Waals surface area (Å²) in [5.41, 5.74) is 2.14. The van der Waals surface area contributed by atoms with Gasteiger partial charge in [-0.25, -0.2) is 0 Å². The monoisotopic (exact) mass is 330 g/mol. The third-order valence-corrected chi connectivity index (χ3v) is 4.65. The molecule has 0 aliphatic carbocycles. The molecule has 0 radical (unpaired) electrons. The molecule has 1 aliphatic heterocycles. The zero-order valence-corrected chi connectivity index (χ0v) is 13.5. The Morgan fingerprint density at radius 1 is 1.25 bits per heavy atom. The number of aliphatic hydroxyl groups is 1. The van der Waals surface area contributed by atoms with Crippen LogP contribution >= 0.6 is 0 Å². The number of aliphatic hydroxyl groups excluding tert-OH is 1. The van der Waals surface area contributed by atoms with Gasteiger partial charge in [-0.05, 0) is 32.0 Å². The van der Waals surface area contributed by atoms with Crippen LogP contribution in [0.15, 0.2) is 36.5 Å². The van der Waals surface area contributed by atoms with Gasteiger partial charge in [0.25, 0.3) is 5.69 Å². The van der Waals surface area contributed by atoms with Crippen molar-refractivity contribution in [3.8, 4) is 0 Å². The average molecular weight is 330 g/mol. The zero-order valence-electron chi connectivity index (χ0n) is 13.5. The number of hydrogen-bond donors (Lipinski definition) is 1. The lowest BCUT2D eigenvalue weighted by molar-refractivity contribution is -0.385. The van der Waals surface area contributed by atoms with Gasteiger partial charge in [0, 0.05) is 36.0 Å². The highest BCUT2D eigenvalue weighted by Crippen LogP contribution is 2.29. The largest absolute Gasteiger partial charge is 0.394 e. The summed E-state index contributed by atoms with van der Waals surface area (Å²) in [4.78, 5) is 13.1. The van der Waals surface area contributed by atoms with Crippen molar-refractivity contribution in [2.24, 2.45) is 0 Å². The van der Waals surface area contributed by atoms with Gasteiger partial charge >= 0.3 is 0 Å². The Hall–Kier alpha value is -2.25. The molecule has 1 saturated heterocycles. The Morgan fingerprint density at radius 2 is 2.00 bits per heavy atom. The standard InChI is InChI=1S/C17H22N4O3/c22-12-11-20-16(5-8-18-20)14-6-9-19(10-7-14)13-15-3-1-2-4-17(15)21(23)24/h1-5,8,14,22H,6-7,9-13H2. The molecule has 0 atom stereocenters. The molecule has 1 aromatic heterocycles. The lowest BCUT2D eigenvalue weighted by atomic mass is 9.93. The molecule has 3 rings (SSSR count). The van der Waals surface area contributed by atoms with Gasteiger partial charge in [0.05, 0.1) is 18.1 Å². The van der Waals surface area contributed by atoms with Crippen LogP contribution in [0.2, 0.25) is 0 Å². The second kappa shape index (κ2) is 7.55. The van der Waals surface area contributed by atoms with Crippen molar-refractivity contribution >= 4 is 5.69 Å². The number of benzene rings is 1. The molecule has 1 aliphatic rings. The molecule has 7 nitrogen and oxygen atoms in total. The molecule has 128 valence electrons. The molecule has 1 aromatic carbocycles. The molecule has 7 heteroatoms. The van der Waals surface area contributed by atoms with Crippen LogP contribution in [0.1, 0.15) is 30.0 Å². The quantitative estimate of drug-likeness (QED) is 0.648. The summed E-state index contributed by atoms with van der Waals surface area (Å²) in [6, 6.07) is 8.98. The summed E-state index contributed by atoms with van der Waals surface area (Å²) >= 11 is 0. The van der Waals surface area contributed by atoms with Crippen LogP contribution in [-0.2, 0) is 13.1 Å². The topological polar surface area (TPSA) is 84.4 Å². The first-order chi connectivity index (χ1) is 11.7. The molecule has 0 unspecified atom stereocenters. The fourth-order valence-corrected chi connectivity index (χ4v) is 3.42. The van der Waals surface area contributed by atoms with Crippen LogP contribution in [0.4, 0.5) is 5.69 Å². The number of nitro benzene ring substituents is 1. The number of piperidine rings is 1. The summed E-state index contributed by atoms with van der Waals surface area (Å²) in [6.07, 6.45) is 3.78. The Kier molecular flexibility index (Phi) is 5.22. The van der Waals surface area contributed by atoms with Gasteiger partial charge in [0.15, 0.2) is 0 Å². The number of aromatic nitrogens is 2. The first-order valence-electron chi connectivity index (χ1n) is 8.26.